The molecule has 1 fully saturated rings. The molecular formula is C22H26N2O3. The smallest absolute Gasteiger partial charge is 0.260 e. The van der Waals surface area contributed by atoms with Crippen LogP contribution < -0.4 is 9.64 Å². The zero-order valence-electron chi connectivity index (χ0n) is 15.9. The van der Waals surface area contributed by atoms with Crippen LogP contribution in [0.5, 0.6) is 5.75 Å². The van der Waals surface area contributed by atoms with Gasteiger partial charge in [-0.2, -0.15) is 0 Å². The lowest BCUT2D eigenvalue weighted by molar-refractivity contribution is -0.134. The van der Waals surface area contributed by atoms with Gasteiger partial charge in [0, 0.05) is 37.4 Å². The van der Waals surface area contributed by atoms with Crippen LogP contribution >= 0.6 is 0 Å². The van der Waals surface area contributed by atoms with Crippen LogP contribution in [0.15, 0.2) is 54.6 Å². The van der Waals surface area contributed by atoms with Gasteiger partial charge in [0.2, 0.25) is 0 Å². The number of benzene rings is 2. The summed E-state index contributed by atoms with van der Waals surface area (Å²) in [5.41, 5.74) is 1.83. The van der Waals surface area contributed by atoms with E-state index < -0.39 is 0 Å². The van der Waals surface area contributed by atoms with Gasteiger partial charge in [0.15, 0.2) is 12.4 Å². The van der Waals surface area contributed by atoms with Crippen molar-refractivity contribution in [2.75, 3.05) is 31.6 Å². The molecule has 1 saturated heterocycles. The van der Waals surface area contributed by atoms with Gasteiger partial charge in [0.05, 0.1) is 0 Å². The summed E-state index contributed by atoms with van der Waals surface area (Å²) in [5.74, 6) is 0.569. The van der Waals surface area contributed by atoms with Crippen molar-refractivity contribution in [2.24, 2.45) is 0 Å². The number of Topliss-reactive ketones (excluding diaryl/α,β-unsaturated/α-hetero) is 1. The molecular weight excluding hydrogens is 340 g/mol. The summed E-state index contributed by atoms with van der Waals surface area (Å²) in [6, 6.07) is 17.4. The fraction of sp³-hybridized carbons (Fsp3) is 0.364. The number of nitrogens with zero attached hydrogens (tertiary/aromatic N) is 2. The maximum atomic E-state index is 12.6. The van der Waals surface area contributed by atoms with Crippen molar-refractivity contribution in [1.82, 2.24) is 4.90 Å². The molecule has 1 unspecified atom stereocenters. The van der Waals surface area contributed by atoms with Crippen LogP contribution in [0.1, 0.15) is 30.1 Å². The number of piperidine rings is 1. The van der Waals surface area contributed by atoms with E-state index in [4.69, 9.17) is 4.74 Å². The fourth-order valence-electron chi connectivity index (χ4n) is 3.38. The molecule has 2 aromatic rings. The van der Waals surface area contributed by atoms with Crippen LogP contribution in [-0.2, 0) is 4.79 Å². The Morgan fingerprint density at radius 2 is 1.81 bits per heavy atom. The molecule has 0 spiro atoms. The number of amides is 1. The largest absolute Gasteiger partial charge is 0.484 e. The van der Waals surface area contributed by atoms with E-state index in [0.29, 0.717) is 11.3 Å². The number of ether oxygens (including phenoxy) is 1. The normalized spacial score (nSPS) is 16.7. The van der Waals surface area contributed by atoms with Gasteiger partial charge in [-0.15, -0.1) is 0 Å². The lowest BCUT2D eigenvalue weighted by Crippen LogP contribution is -2.49. The summed E-state index contributed by atoms with van der Waals surface area (Å²) < 4.78 is 5.61. The molecule has 0 saturated carbocycles. The molecule has 27 heavy (non-hydrogen) atoms. The minimum atomic E-state index is -0.0365. The van der Waals surface area contributed by atoms with Gasteiger partial charge < -0.3 is 14.5 Å². The molecule has 5 heteroatoms. The third-order valence-electron chi connectivity index (χ3n) is 5.08. The average Bonchev–Trinajstić information content (AvgIpc) is 2.72. The van der Waals surface area contributed by atoms with Crippen LogP contribution in [0.3, 0.4) is 0 Å². The first-order chi connectivity index (χ1) is 13.0. The highest BCUT2D eigenvalue weighted by atomic mass is 16.5. The predicted octanol–water partition coefficient (Wildman–Crippen LogP) is 3.40. The maximum Gasteiger partial charge on any atom is 0.260 e. The minimum Gasteiger partial charge on any atom is -0.484 e. The van der Waals surface area contributed by atoms with E-state index in [2.05, 4.69) is 17.0 Å². The predicted molar refractivity (Wildman–Crippen MR) is 106 cm³/mol. The number of likely N-dealkylation sites (N-methyl/N-ethyl adjacent to an activating group) is 1. The highest BCUT2D eigenvalue weighted by molar-refractivity contribution is 5.94. The Kier molecular flexibility index (Phi) is 6.12. The van der Waals surface area contributed by atoms with E-state index in [1.54, 1.807) is 29.2 Å². The zero-order valence-corrected chi connectivity index (χ0v) is 15.9. The van der Waals surface area contributed by atoms with Crippen molar-refractivity contribution in [3.05, 3.63) is 60.2 Å². The Bertz CT molecular complexity index is 774. The molecule has 1 aliphatic rings. The number of carbonyl (C=O) groups is 2. The zero-order chi connectivity index (χ0) is 19.2. The van der Waals surface area contributed by atoms with Gasteiger partial charge >= 0.3 is 0 Å². The summed E-state index contributed by atoms with van der Waals surface area (Å²) in [6.45, 7) is 3.37. The van der Waals surface area contributed by atoms with E-state index in [9.17, 15) is 9.59 Å². The van der Waals surface area contributed by atoms with Crippen molar-refractivity contribution in [2.45, 2.75) is 25.8 Å². The van der Waals surface area contributed by atoms with Crippen LogP contribution in [0.2, 0.25) is 0 Å². The third-order valence-corrected chi connectivity index (χ3v) is 5.08. The van der Waals surface area contributed by atoms with E-state index in [-0.39, 0.29) is 24.3 Å². The van der Waals surface area contributed by atoms with Gasteiger partial charge in [-0.3, -0.25) is 9.59 Å². The lowest BCUT2D eigenvalue weighted by Gasteiger charge is -2.38. The van der Waals surface area contributed by atoms with Gasteiger partial charge in [-0.25, -0.2) is 0 Å². The molecule has 142 valence electrons. The molecule has 0 aliphatic carbocycles. The van der Waals surface area contributed by atoms with E-state index in [0.717, 1.165) is 25.9 Å². The van der Waals surface area contributed by atoms with Gasteiger partial charge in [0.25, 0.3) is 5.91 Å². The number of rotatable bonds is 6. The molecule has 0 aromatic heterocycles. The van der Waals surface area contributed by atoms with Crippen LogP contribution in [0.4, 0.5) is 5.69 Å². The topological polar surface area (TPSA) is 49.9 Å². The Morgan fingerprint density at radius 3 is 2.48 bits per heavy atom. The number of ketones is 1. The average molecular weight is 366 g/mol. The van der Waals surface area contributed by atoms with Gasteiger partial charge in [-0.1, -0.05) is 18.2 Å². The van der Waals surface area contributed by atoms with Crippen LogP contribution in [0, 0.1) is 0 Å². The first-order valence-electron chi connectivity index (χ1n) is 9.34. The molecule has 0 N–H and O–H groups in total. The second kappa shape index (κ2) is 8.71. The first-order valence-corrected chi connectivity index (χ1v) is 9.34. The van der Waals surface area contributed by atoms with Crippen molar-refractivity contribution in [3.63, 3.8) is 0 Å². The molecule has 1 aliphatic heterocycles. The minimum absolute atomic E-state index is 0.00223. The second-order valence-electron chi connectivity index (χ2n) is 6.95. The number of carbonyl (C=O) groups excluding carboxylic acids is 2. The van der Waals surface area contributed by atoms with Crippen molar-refractivity contribution in [1.29, 1.82) is 0 Å². The van der Waals surface area contributed by atoms with Gasteiger partial charge in [-0.05, 0) is 56.2 Å². The molecule has 5 nitrogen and oxygen atoms in total. The number of anilines is 1. The Morgan fingerprint density at radius 1 is 1.11 bits per heavy atom. The van der Waals surface area contributed by atoms with E-state index >= 15 is 0 Å². The van der Waals surface area contributed by atoms with E-state index in [1.807, 2.05) is 25.2 Å². The Balaban J connectivity index is 1.54. The summed E-state index contributed by atoms with van der Waals surface area (Å²) in [6.07, 6.45) is 2.06. The highest BCUT2D eigenvalue weighted by Gasteiger charge is 2.26. The fourth-order valence-corrected chi connectivity index (χ4v) is 3.38. The van der Waals surface area contributed by atoms with Crippen molar-refractivity contribution in [3.8, 4) is 5.75 Å². The lowest BCUT2D eigenvalue weighted by atomic mass is 10.0. The van der Waals surface area contributed by atoms with E-state index in [1.165, 1.54) is 12.6 Å². The number of para-hydroxylation sites is 1. The molecule has 1 atom stereocenters. The maximum absolute atomic E-state index is 12.6. The number of hydrogen-bond donors (Lipinski definition) is 0. The monoisotopic (exact) mass is 366 g/mol. The highest BCUT2D eigenvalue weighted by Crippen LogP contribution is 2.22. The van der Waals surface area contributed by atoms with Crippen LogP contribution in [-0.4, -0.2) is 49.4 Å². The molecule has 2 aromatic carbocycles. The quantitative estimate of drug-likeness (QED) is 0.736. The van der Waals surface area contributed by atoms with Crippen molar-refractivity contribution >= 4 is 17.4 Å². The molecule has 0 radical (unpaired) electrons. The number of hydrogen-bond acceptors (Lipinski definition) is 4. The second-order valence-corrected chi connectivity index (χ2v) is 6.95. The molecule has 0 bridgehead atoms. The Labute approximate surface area is 160 Å². The molecule has 1 amide bonds. The van der Waals surface area contributed by atoms with Crippen LogP contribution in [0.25, 0.3) is 0 Å². The molecule has 3 rings (SSSR count). The SMILES string of the molecule is CC(=O)c1ccc(OCC(=O)N(C)C2CCCN(c3ccccc3)C2)cc1. The Hall–Kier alpha value is -2.82. The third kappa shape index (κ3) is 4.88. The molecule has 1 heterocycles. The first kappa shape index (κ1) is 19.0. The summed E-state index contributed by atoms with van der Waals surface area (Å²) in [7, 11) is 1.85. The summed E-state index contributed by atoms with van der Waals surface area (Å²) in [5, 5.41) is 0. The summed E-state index contributed by atoms with van der Waals surface area (Å²) >= 11 is 0. The van der Waals surface area contributed by atoms with Crippen molar-refractivity contribution < 1.29 is 14.3 Å². The standard InChI is InChI=1S/C22H26N2O3/c1-17(25)18-10-12-21(13-11-18)27-16-22(26)23(2)20-9-6-14-24(15-20)19-7-4-3-5-8-19/h3-5,7-8,10-13,20H,6,9,14-16H2,1-2H3. The van der Waals surface area contributed by atoms with Gasteiger partial charge in [0.1, 0.15) is 5.75 Å². The summed E-state index contributed by atoms with van der Waals surface area (Å²) in [4.78, 5) is 28.0.